The molecule has 0 atom stereocenters. The van der Waals surface area contributed by atoms with Crippen molar-refractivity contribution >= 4 is 68.4 Å². The van der Waals surface area contributed by atoms with E-state index in [1.165, 1.54) is 18.6 Å². The lowest BCUT2D eigenvalue weighted by Gasteiger charge is -2.03. The van der Waals surface area contributed by atoms with Crippen molar-refractivity contribution in [1.29, 1.82) is 0 Å². The highest BCUT2D eigenvalue weighted by Gasteiger charge is 2.08. The summed E-state index contributed by atoms with van der Waals surface area (Å²) in [6.07, 6.45) is 2.10. The van der Waals surface area contributed by atoms with Crippen LogP contribution in [0.15, 0.2) is 27.3 Å². The minimum atomic E-state index is 1.08. The summed E-state index contributed by atoms with van der Waals surface area (Å²) in [4.78, 5) is 2.40. The van der Waals surface area contributed by atoms with Crippen molar-refractivity contribution in [3.8, 4) is 0 Å². The van der Waals surface area contributed by atoms with E-state index in [-0.39, 0.29) is 0 Å². The molecule has 1 aromatic carbocycles. The van der Waals surface area contributed by atoms with Gasteiger partial charge < -0.3 is 0 Å². The summed E-state index contributed by atoms with van der Waals surface area (Å²) in [5.74, 6) is 0. The Balaban J connectivity index is 2.87. The zero-order valence-corrected chi connectivity index (χ0v) is 11.6. The molecule has 1 aromatic heterocycles. The van der Waals surface area contributed by atoms with Crippen molar-refractivity contribution < 1.29 is 0 Å². The molecule has 0 nitrogen and oxygen atoms in total. The smallest absolute Gasteiger partial charge is 0.0498 e. The molecule has 4 heteroatoms. The number of thiophene rings is 1. The van der Waals surface area contributed by atoms with Gasteiger partial charge in [0.1, 0.15) is 0 Å². The van der Waals surface area contributed by atoms with Gasteiger partial charge >= 0.3 is 0 Å². The fraction of sp³-hybridized carbons (Fsp3) is 0.111. The first kappa shape index (κ1) is 10.1. The van der Waals surface area contributed by atoms with Crippen molar-refractivity contribution in [2.24, 2.45) is 0 Å². The predicted molar refractivity (Wildman–Crippen MR) is 73.6 cm³/mol. The zero-order chi connectivity index (χ0) is 9.42. The quantitative estimate of drug-likeness (QED) is 0.453. The third-order valence-corrected chi connectivity index (χ3v) is 5.82. The van der Waals surface area contributed by atoms with E-state index in [1.807, 2.05) is 0 Å². The molecule has 0 saturated carbocycles. The van der Waals surface area contributed by atoms with Gasteiger partial charge in [0, 0.05) is 23.4 Å². The molecule has 0 aliphatic carbocycles. The third-order valence-electron chi connectivity index (χ3n) is 1.84. The number of halogens is 1. The minimum Gasteiger partial charge on any atom is -0.143 e. The molecule has 0 N–H and O–H groups in total. The monoisotopic (exact) mass is 338 g/mol. The van der Waals surface area contributed by atoms with Crippen LogP contribution in [0.5, 0.6) is 0 Å². The Labute approximate surface area is 105 Å². The summed E-state index contributed by atoms with van der Waals surface area (Å²) in [6.45, 7) is 0. The molecule has 0 radical (unpaired) electrons. The lowest BCUT2D eigenvalue weighted by atomic mass is 10.3. The predicted octanol–water partition coefficient (Wildman–Crippen LogP) is 4.52. The number of thioether (sulfide) groups is 1. The Bertz CT molecular complexity index is 447. The Morgan fingerprint density at radius 1 is 1.54 bits per heavy atom. The molecule has 0 bridgehead atoms. The van der Waals surface area contributed by atoms with Crippen LogP contribution in [0.1, 0.15) is 0 Å². The highest BCUT2D eigenvalue weighted by molar-refractivity contribution is 14.1. The topological polar surface area (TPSA) is 0 Å². The number of hydrogen-bond acceptors (Lipinski definition) is 3. The maximum absolute atomic E-state index is 4.46. The van der Waals surface area contributed by atoms with Gasteiger partial charge in [-0.15, -0.1) is 35.7 Å². The van der Waals surface area contributed by atoms with Gasteiger partial charge in [0.05, 0.1) is 0 Å². The lowest BCUT2D eigenvalue weighted by Crippen LogP contribution is -1.79. The molecule has 2 aromatic rings. The molecule has 0 aliphatic rings. The fourth-order valence-corrected chi connectivity index (χ4v) is 4.00. The second kappa shape index (κ2) is 4.00. The first-order chi connectivity index (χ1) is 6.24. The Morgan fingerprint density at radius 2 is 2.31 bits per heavy atom. The SMILES string of the molecule is CSc1cc(S)c(I)c2sccc12. The molecule has 0 fully saturated rings. The summed E-state index contributed by atoms with van der Waals surface area (Å²) >= 11 is 10.4. The molecule has 0 amide bonds. The molecular formula is C9H7IS3. The van der Waals surface area contributed by atoms with Crippen LogP contribution >= 0.6 is 58.3 Å². The molecule has 1 heterocycles. The van der Waals surface area contributed by atoms with Crippen LogP contribution in [0.3, 0.4) is 0 Å². The van der Waals surface area contributed by atoms with E-state index < -0.39 is 0 Å². The Kier molecular flexibility index (Phi) is 3.12. The minimum absolute atomic E-state index is 1.08. The maximum Gasteiger partial charge on any atom is 0.0498 e. The molecule has 0 unspecified atom stereocenters. The first-order valence-electron chi connectivity index (χ1n) is 3.66. The van der Waals surface area contributed by atoms with E-state index >= 15 is 0 Å². The number of rotatable bonds is 1. The van der Waals surface area contributed by atoms with Gasteiger partial charge in [0.25, 0.3) is 0 Å². The van der Waals surface area contributed by atoms with Crippen LogP contribution in [0, 0.1) is 3.57 Å². The van der Waals surface area contributed by atoms with Gasteiger partial charge in [-0.3, -0.25) is 0 Å². The summed E-state index contributed by atoms with van der Waals surface area (Å²) in [5, 5.41) is 3.50. The summed E-state index contributed by atoms with van der Waals surface area (Å²) < 4.78 is 2.63. The van der Waals surface area contributed by atoms with Gasteiger partial charge in [0.2, 0.25) is 0 Å². The van der Waals surface area contributed by atoms with E-state index in [1.54, 1.807) is 23.1 Å². The standard InChI is InChI=1S/C9H7IS3/c1-12-7-4-6(11)8(10)9-5(7)2-3-13-9/h2-4,11H,1H3. The highest BCUT2D eigenvalue weighted by Crippen LogP contribution is 2.36. The number of thiol groups is 1. The Morgan fingerprint density at radius 3 is 3.00 bits per heavy atom. The van der Waals surface area contributed by atoms with Gasteiger partial charge in [-0.25, -0.2) is 0 Å². The fourth-order valence-electron chi connectivity index (χ4n) is 1.22. The summed E-state index contributed by atoms with van der Waals surface area (Å²) in [6, 6.07) is 4.33. The molecule has 0 aliphatic heterocycles. The van der Waals surface area contributed by atoms with Gasteiger partial charge in [-0.2, -0.15) is 0 Å². The second-order valence-corrected chi connectivity index (χ2v) is 5.90. The van der Waals surface area contributed by atoms with Crippen LogP contribution < -0.4 is 0 Å². The van der Waals surface area contributed by atoms with E-state index in [2.05, 4.69) is 59.0 Å². The van der Waals surface area contributed by atoms with Crippen molar-refractivity contribution in [3.63, 3.8) is 0 Å². The largest absolute Gasteiger partial charge is 0.143 e. The first-order valence-corrected chi connectivity index (χ1v) is 7.29. The Hall–Kier alpha value is 0.610. The van der Waals surface area contributed by atoms with E-state index in [4.69, 9.17) is 0 Å². The number of hydrogen-bond donors (Lipinski definition) is 1. The summed E-state index contributed by atoms with van der Waals surface area (Å²) in [5.41, 5.74) is 0. The average molecular weight is 338 g/mol. The molecule has 0 spiro atoms. The van der Waals surface area contributed by atoms with E-state index in [0.717, 1.165) is 4.90 Å². The van der Waals surface area contributed by atoms with Crippen molar-refractivity contribution in [3.05, 3.63) is 21.1 Å². The highest BCUT2D eigenvalue weighted by atomic mass is 127. The van der Waals surface area contributed by atoms with Gasteiger partial charge in [-0.1, -0.05) is 0 Å². The van der Waals surface area contributed by atoms with Crippen molar-refractivity contribution in [2.75, 3.05) is 6.26 Å². The number of fused-ring (bicyclic) bond motifs is 1. The number of benzene rings is 1. The molecule has 13 heavy (non-hydrogen) atoms. The van der Waals surface area contributed by atoms with E-state index in [0.29, 0.717) is 0 Å². The van der Waals surface area contributed by atoms with Gasteiger partial charge in [-0.05, 0) is 46.4 Å². The van der Waals surface area contributed by atoms with E-state index in [9.17, 15) is 0 Å². The maximum atomic E-state index is 4.46. The van der Waals surface area contributed by atoms with Crippen LogP contribution in [0.2, 0.25) is 0 Å². The normalized spacial score (nSPS) is 11.0. The van der Waals surface area contributed by atoms with Crippen LogP contribution in [0.25, 0.3) is 10.1 Å². The van der Waals surface area contributed by atoms with Crippen LogP contribution in [0.4, 0.5) is 0 Å². The zero-order valence-electron chi connectivity index (χ0n) is 6.87. The molecule has 2 rings (SSSR count). The molecule has 68 valence electrons. The molecule has 0 saturated heterocycles. The van der Waals surface area contributed by atoms with Crippen LogP contribution in [-0.2, 0) is 0 Å². The van der Waals surface area contributed by atoms with Gasteiger partial charge in [0.15, 0.2) is 0 Å². The second-order valence-electron chi connectivity index (χ2n) is 2.58. The summed E-state index contributed by atoms with van der Waals surface area (Å²) in [7, 11) is 0. The van der Waals surface area contributed by atoms with Crippen molar-refractivity contribution in [1.82, 2.24) is 0 Å². The van der Waals surface area contributed by atoms with Crippen LogP contribution in [-0.4, -0.2) is 6.26 Å². The molecular weight excluding hydrogens is 331 g/mol. The average Bonchev–Trinajstić information content (AvgIpc) is 2.60. The lowest BCUT2D eigenvalue weighted by molar-refractivity contribution is 1.38. The third kappa shape index (κ3) is 1.73. The van der Waals surface area contributed by atoms with Crippen molar-refractivity contribution in [2.45, 2.75) is 9.79 Å².